The highest BCUT2D eigenvalue weighted by Crippen LogP contribution is 2.28. The molecule has 4 heteroatoms. The summed E-state index contributed by atoms with van der Waals surface area (Å²) in [5, 5.41) is 0.332. The van der Waals surface area contributed by atoms with Crippen molar-refractivity contribution >= 4 is 22.4 Å². The summed E-state index contributed by atoms with van der Waals surface area (Å²) in [6, 6.07) is 3.02. The summed E-state index contributed by atoms with van der Waals surface area (Å²) in [7, 11) is 0. The van der Waals surface area contributed by atoms with Crippen molar-refractivity contribution in [2.45, 2.75) is 6.92 Å². The first-order valence-electron chi connectivity index (χ1n) is 3.99. The normalized spacial score (nSPS) is 10.9. The van der Waals surface area contributed by atoms with E-state index in [9.17, 15) is 8.78 Å². The van der Waals surface area contributed by atoms with Crippen LogP contribution in [-0.4, -0.2) is 4.98 Å². The molecule has 1 aromatic heterocycles. The molecule has 0 fully saturated rings. The first kappa shape index (κ1) is 9.34. The standard InChI is InChI=1S/C10H6ClF2N/c1-5-2-6-4-14-10(13)9(11)8(6)7(12)3-5/h2-4H,1H3. The van der Waals surface area contributed by atoms with Gasteiger partial charge in [-0.1, -0.05) is 11.6 Å². The highest BCUT2D eigenvalue weighted by Gasteiger charge is 2.11. The molecular formula is C10H6ClF2N. The summed E-state index contributed by atoms with van der Waals surface area (Å²) < 4.78 is 26.3. The van der Waals surface area contributed by atoms with Gasteiger partial charge in [-0.2, -0.15) is 4.39 Å². The molecular weight excluding hydrogens is 208 g/mol. The van der Waals surface area contributed by atoms with E-state index in [1.807, 2.05) is 0 Å². The lowest BCUT2D eigenvalue weighted by Gasteiger charge is -2.03. The van der Waals surface area contributed by atoms with Gasteiger partial charge < -0.3 is 0 Å². The van der Waals surface area contributed by atoms with Gasteiger partial charge in [0.2, 0.25) is 5.95 Å². The summed E-state index contributed by atoms with van der Waals surface area (Å²) in [5.74, 6) is -1.37. The zero-order chi connectivity index (χ0) is 10.3. The second-order valence-corrected chi connectivity index (χ2v) is 3.45. The minimum atomic E-state index is -0.845. The molecule has 0 saturated heterocycles. The van der Waals surface area contributed by atoms with E-state index in [1.165, 1.54) is 12.3 Å². The van der Waals surface area contributed by atoms with E-state index in [2.05, 4.69) is 4.98 Å². The predicted molar refractivity (Wildman–Crippen MR) is 51.4 cm³/mol. The predicted octanol–water partition coefficient (Wildman–Crippen LogP) is 3.47. The maximum Gasteiger partial charge on any atom is 0.232 e. The Morgan fingerprint density at radius 2 is 2.00 bits per heavy atom. The second-order valence-electron chi connectivity index (χ2n) is 3.07. The minimum Gasteiger partial charge on any atom is -0.226 e. The zero-order valence-electron chi connectivity index (χ0n) is 7.31. The molecule has 2 rings (SSSR count). The van der Waals surface area contributed by atoms with Crippen LogP contribution in [0.15, 0.2) is 18.3 Å². The highest BCUT2D eigenvalue weighted by atomic mass is 35.5. The van der Waals surface area contributed by atoms with Crippen LogP contribution in [0.2, 0.25) is 5.02 Å². The molecule has 0 amide bonds. The first-order valence-corrected chi connectivity index (χ1v) is 4.37. The van der Waals surface area contributed by atoms with Crippen LogP contribution in [0.4, 0.5) is 8.78 Å². The van der Waals surface area contributed by atoms with Crippen LogP contribution < -0.4 is 0 Å². The van der Waals surface area contributed by atoms with E-state index in [0.717, 1.165) is 5.56 Å². The Labute approximate surface area is 84.3 Å². The van der Waals surface area contributed by atoms with E-state index in [0.29, 0.717) is 5.39 Å². The number of pyridine rings is 1. The van der Waals surface area contributed by atoms with Crippen molar-refractivity contribution in [1.82, 2.24) is 4.98 Å². The molecule has 14 heavy (non-hydrogen) atoms. The van der Waals surface area contributed by atoms with Gasteiger partial charge in [0.1, 0.15) is 10.8 Å². The van der Waals surface area contributed by atoms with Gasteiger partial charge in [0.05, 0.1) is 0 Å². The Morgan fingerprint density at radius 3 is 2.71 bits per heavy atom. The average Bonchev–Trinajstić information content (AvgIpc) is 2.10. The van der Waals surface area contributed by atoms with Crippen LogP contribution in [-0.2, 0) is 0 Å². The number of aromatic nitrogens is 1. The molecule has 1 aromatic carbocycles. The third-order valence-electron chi connectivity index (χ3n) is 1.98. The number of hydrogen-bond acceptors (Lipinski definition) is 1. The minimum absolute atomic E-state index is 0.0877. The Bertz CT molecular complexity index is 511. The summed E-state index contributed by atoms with van der Waals surface area (Å²) in [4.78, 5) is 3.42. The Hall–Kier alpha value is -1.22. The SMILES string of the molecule is Cc1cc(F)c2c(Cl)c(F)ncc2c1. The lowest BCUT2D eigenvalue weighted by Crippen LogP contribution is -1.90. The molecule has 0 aliphatic rings. The molecule has 1 heterocycles. The van der Waals surface area contributed by atoms with E-state index in [-0.39, 0.29) is 10.4 Å². The van der Waals surface area contributed by atoms with Crippen molar-refractivity contribution in [3.63, 3.8) is 0 Å². The molecule has 0 bridgehead atoms. The number of nitrogens with zero attached hydrogens (tertiary/aromatic N) is 1. The van der Waals surface area contributed by atoms with Crippen molar-refractivity contribution in [3.8, 4) is 0 Å². The highest BCUT2D eigenvalue weighted by molar-refractivity contribution is 6.35. The van der Waals surface area contributed by atoms with Gasteiger partial charge in [-0.15, -0.1) is 0 Å². The maximum atomic E-state index is 13.4. The monoisotopic (exact) mass is 213 g/mol. The molecule has 0 aliphatic heterocycles. The summed E-state index contributed by atoms with van der Waals surface area (Å²) in [5.41, 5.74) is 0.750. The lowest BCUT2D eigenvalue weighted by molar-refractivity contribution is 0.584. The number of aryl methyl sites for hydroxylation is 1. The van der Waals surface area contributed by atoms with Gasteiger partial charge in [0.15, 0.2) is 0 Å². The van der Waals surface area contributed by atoms with Crippen LogP contribution >= 0.6 is 11.6 Å². The Morgan fingerprint density at radius 1 is 1.29 bits per heavy atom. The fourth-order valence-corrected chi connectivity index (χ4v) is 1.64. The topological polar surface area (TPSA) is 12.9 Å². The van der Waals surface area contributed by atoms with Crippen molar-refractivity contribution in [2.24, 2.45) is 0 Å². The van der Waals surface area contributed by atoms with Crippen LogP contribution in [0.3, 0.4) is 0 Å². The molecule has 0 unspecified atom stereocenters. The molecule has 0 spiro atoms. The quantitative estimate of drug-likeness (QED) is 0.611. The van der Waals surface area contributed by atoms with Crippen molar-refractivity contribution in [2.75, 3.05) is 0 Å². The summed E-state index contributed by atoms with van der Waals surface area (Å²) in [6.45, 7) is 1.75. The van der Waals surface area contributed by atoms with Crippen LogP contribution in [0, 0.1) is 18.7 Å². The largest absolute Gasteiger partial charge is 0.232 e. The third-order valence-corrected chi connectivity index (χ3v) is 2.33. The van der Waals surface area contributed by atoms with Crippen LogP contribution in [0.1, 0.15) is 5.56 Å². The molecule has 0 N–H and O–H groups in total. The maximum absolute atomic E-state index is 13.4. The molecule has 72 valence electrons. The van der Waals surface area contributed by atoms with E-state index in [4.69, 9.17) is 11.6 Å². The number of rotatable bonds is 0. The van der Waals surface area contributed by atoms with E-state index in [1.54, 1.807) is 13.0 Å². The van der Waals surface area contributed by atoms with Crippen molar-refractivity contribution in [3.05, 3.63) is 40.7 Å². The molecule has 0 saturated carbocycles. The van der Waals surface area contributed by atoms with Crippen LogP contribution in [0.25, 0.3) is 10.8 Å². The van der Waals surface area contributed by atoms with Gasteiger partial charge >= 0.3 is 0 Å². The molecule has 0 aliphatic carbocycles. The number of halogens is 3. The third kappa shape index (κ3) is 1.34. The summed E-state index contributed by atoms with van der Waals surface area (Å²) in [6.07, 6.45) is 1.27. The summed E-state index contributed by atoms with van der Waals surface area (Å²) >= 11 is 5.61. The van der Waals surface area contributed by atoms with Gasteiger partial charge in [-0.3, -0.25) is 0 Å². The van der Waals surface area contributed by atoms with Gasteiger partial charge in [-0.05, 0) is 24.6 Å². The molecule has 0 radical (unpaired) electrons. The van der Waals surface area contributed by atoms with Gasteiger partial charge in [0, 0.05) is 17.0 Å². The Kier molecular flexibility index (Phi) is 2.11. The van der Waals surface area contributed by atoms with Gasteiger partial charge in [0.25, 0.3) is 0 Å². The zero-order valence-corrected chi connectivity index (χ0v) is 8.07. The average molecular weight is 214 g/mol. The Balaban J connectivity index is 2.95. The van der Waals surface area contributed by atoms with E-state index >= 15 is 0 Å². The van der Waals surface area contributed by atoms with Gasteiger partial charge in [-0.25, -0.2) is 9.37 Å². The van der Waals surface area contributed by atoms with E-state index < -0.39 is 11.8 Å². The van der Waals surface area contributed by atoms with Crippen molar-refractivity contribution < 1.29 is 8.78 Å². The fraction of sp³-hybridized carbons (Fsp3) is 0.100. The smallest absolute Gasteiger partial charge is 0.226 e. The number of benzene rings is 1. The molecule has 0 atom stereocenters. The second kappa shape index (κ2) is 3.17. The molecule has 2 aromatic rings. The lowest BCUT2D eigenvalue weighted by atomic mass is 10.1. The first-order chi connectivity index (χ1) is 6.59. The van der Waals surface area contributed by atoms with Crippen molar-refractivity contribution in [1.29, 1.82) is 0 Å². The fourth-order valence-electron chi connectivity index (χ4n) is 1.39. The molecule has 1 nitrogen and oxygen atoms in total. The number of fused-ring (bicyclic) bond motifs is 1. The number of hydrogen-bond donors (Lipinski definition) is 0. The van der Waals surface area contributed by atoms with Crippen LogP contribution in [0.5, 0.6) is 0 Å².